The van der Waals surface area contributed by atoms with Crippen LogP contribution < -0.4 is 5.32 Å². The van der Waals surface area contributed by atoms with Gasteiger partial charge in [0, 0.05) is 30.7 Å². The van der Waals surface area contributed by atoms with Crippen LogP contribution in [-0.2, 0) is 6.54 Å². The van der Waals surface area contributed by atoms with E-state index in [0.717, 1.165) is 11.3 Å². The number of rotatable bonds is 6. The Labute approximate surface area is 195 Å². The van der Waals surface area contributed by atoms with E-state index in [1.165, 1.54) is 0 Å². The number of thiocarbonyl (C=S) groups is 1. The van der Waals surface area contributed by atoms with Gasteiger partial charge in [-0.05, 0) is 60.2 Å². The van der Waals surface area contributed by atoms with Gasteiger partial charge in [-0.3, -0.25) is 9.97 Å². The summed E-state index contributed by atoms with van der Waals surface area (Å²) >= 11 is 5.70. The van der Waals surface area contributed by atoms with Crippen LogP contribution in [0, 0.1) is 0 Å². The largest absolute Gasteiger partial charge is 0.478 e. The van der Waals surface area contributed by atoms with Gasteiger partial charge in [0.15, 0.2) is 5.11 Å². The van der Waals surface area contributed by atoms with Gasteiger partial charge in [0.2, 0.25) is 0 Å². The first kappa shape index (κ1) is 20.8. The Balaban J connectivity index is 1.53. The number of hydrogen-bond acceptors (Lipinski definition) is 5. The van der Waals surface area contributed by atoms with Gasteiger partial charge in [-0.25, -0.2) is 4.79 Å². The molecule has 7 nitrogen and oxygen atoms in total. The number of carbonyl (C=O) groups is 1. The number of nitrogens with one attached hydrogen (secondary N) is 1. The summed E-state index contributed by atoms with van der Waals surface area (Å²) in [5.74, 6) is 0.316. The van der Waals surface area contributed by atoms with Crippen molar-refractivity contribution in [2.24, 2.45) is 0 Å². The van der Waals surface area contributed by atoms with Crippen molar-refractivity contribution in [1.82, 2.24) is 20.2 Å². The van der Waals surface area contributed by atoms with Crippen LogP contribution in [0.5, 0.6) is 0 Å². The SMILES string of the molecule is O=C(O)c1cccc(-c2ccc([C@@H]3[C@@H](c4ccccn4)NC(=S)N3Cc3cccnc3)o2)c1. The minimum atomic E-state index is -0.980. The lowest BCUT2D eigenvalue weighted by atomic mass is 10.0. The number of aromatic carboxylic acids is 1. The third-order valence-electron chi connectivity index (χ3n) is 5.59. The van der Waals surface area contributed by atoms with Crippen LogP contribution in [0.25, 0.3) is 11.3 Å². The number of carboxylic acid groups (broad SMARTS) is 1. The highest BCUT2D eigenvalue weighted by Crippen LogP contribution is 2.41. The molecular weight excluding hydrogens is 436 g/mol. The molecule has 0 amide bonds. The highest BCUT2D eigenvalue weighted by Gasteiger charge is 2.41. The highest BCUT2D eigenvalue weighted by atomic mass is 32.1. The minimum Gasteiger partial charge on any atom is -0.478 e. The fourth-order valence-corrected chi connectivity index (χ4v) is 4.35. The van der Waals surface area contributed by atoms with Gasteiger partial charge >= 0.3 is 5.97 Å². The zero-order valence-corrected chi connectivity index (χ0v) is 18.3. The first-order valence-electron chi connectivity index (χ1n) is 10.4. The molecule has 4 heterocycles. The molecule has 1 aliphatic heterocycles. The lowest BCUT2D eigenvalue weighted by Crippen LogP contribution is -2.29. The van der Waals surface area contributed by atoms with Gasteiger partial charge in [0.05, 0.1) is 17.3 Å². The van der Waals surface area contributed by atoms with E-state index in [9.17, 15) is 9.90 Å². The van der Waals surface area contributed by atoms with Crippen LogP contribution in [-0.4, -0.2) is 31.1 Å². The van der Waals surface area contributed by atoms with E-state index in [-0.39, 0.29) is 17.6 Å². The summed E-state index contributed by atoms with van der Waals surface area (Å²) in [6, 6.07) is 19.7. The summed E-state index contributed by atoms with van der Waals surface area (Å²) in [6.07, 6.45) is 5.31. The predicted molar refractivity (Wildman–Crippen MR) is 126 cm³/mol. The van der Waals surface area contributed by atoms with E-state index in [2.05, 4.69) is 20.2 Å². The molecule has 2 atom stereocenters. The zero-order chi connectivity index (χ0) is 22.8. The molecule has 1 aromatic carbocycles. The summed E-state index contributed by atoms with van der Waals surface area (Å²) < 4.78 is 6.28. The average Bonchev–Trinajstić information content (AvgIpc) is 3.45. The summed E-state index contributed by atoms with van der Waals surface area (Å²) in [7, 11) is 0. The molecule has 164 valence electrons. The van der Waals surface area contributed by atoms with Crippen LogP contribution in [0.2, 0.25) is 0 Å². The van der Waals surface area contributed by atoms with Crippen LogP contribution in [0.4, 0.5) is 0 Å². The Bertz CT molecular complexity index is 1290. The lowest BCUT2D eigenvalue weighted by molar-refractivity contribution is 0.0697. The monoisotopic (exact) mass is 456 g/mol. The quantitative estimate of drug-likeness (QED) is 0.407. The number of carboxylic acids is 1. The first-order valence-corrected chi connectivity index (χ1v) is 10.8. The van der Waals surface area contributed by atoms with E-state index in [4.69, 9.17) is 16.6 Å². The van der Waals surface area contributed by atoms with Crippen LogP contribution in [0.1, 0.15) is 39.5 Å². The number of aromatic nitrogens is 2. The van der Waals surface area contributed by atoms with E-state index in [0.29, 0.717) is 28.7 Å². The fourth-order valence-electron chi connectivity index (χ4n) is 4.05. The van der Waals surface area contributed by atoms with Crippen molar-refractivity contribution in [1.29, 1.82) is 0 Å². The van der Waals surface area contributed by atoms with E-state index in [1.54, 1.807) is 30.6 Å². The maximum absolute atomic E-state index is 11.4. The van der Waals surface area contributed by atoms with E-state index < -0.39 is 5.97 Å². The highest BCUT2D eigenvalue weighted by molar-refractivity contribution is 7.80. The number of benzene rings is 1. The zero-order valence-electron chi connectivity index (χ0n) is 17.5. The Morgan fingerprint density at radius 1 is 1.09 bits per heavy atom. The Morgan fingerprint density at radius 3 is 2.76 bits per heavy atom. The molecular formula is C25H20N4O3S. The molecule has 5 rings (SSSR count). The molecule has 0 radical (unpaired) electrons. The molecule has 0 saturated carbocycles. The number of nitrogens with zero attached hydrogens (tertiary/aromatic N) is 3. The van der Waals surface area contributed by atoms with Crippen LogP contribution in [0.3, 0.4) is 0 Å². The van der Waals surface area contributed by atoms with Gasteiger partial charge in [0.1, 0.15) is 17.6 Å². The average molecular weight is 457 g/mol. The second-order valence-corrected chi connectivity index (χ2v) is 8.09. The van der Waals surface area contributed by atoms with Crippen molar-refractivity contribution in [3.05, 3.63) is 108 Å². The van der Waals surface area contributed by atoms with Crippen molar-refractivity contribution in [3.63, 3.8) is 0 Å². The Morgan fingerprint density at radius 2 is 2.00 bits per heavy atom. The maximum atomic E-state index is 11.4. The van der Waals surface area contributed by atoms with E-state index >= 15 is 0 Å². The molecule has 8 heteroatoms. The summed E-state index contributed by atoms with van der Waals surface area (Å²) in [4.78, 5) is 22.2. The molecule has 1 fully saturated rings. The molecule has 4 aromatic rings. The molecule has 0 aliphatic carbocycles. The molecule has 0 spiro atoms. The molecule has 0 unspecified atom stereocenters. The van der Waals surface area contributed by atoms with Crippen molar-refractivity contribution in [2.45, 2.75) is 18.6 Å². The van der Waals surface area contributed by atoms with Gasteiger partial charge < -0.3 is 19.7 Å². The summed E-state index contributed by atoms with van der Waals surface area (Å²) in [5.41, 5.74) is 2.78. The van der Waals surface area contributed by atoms with Crippen LogP contribution in [0.15, 0.2) is 89.7 Å². The van der Waals surface area contributed by atoms with Gasteiger partial charge in [0.25, 0.3) is 0 Å². The van der Waals surface area contributed by atoms with Gasteiger partial charge in [-0.2, -0.15) is 0 Å². The van der Waals surface area contributed by atoms with Crippen molar-refractivity contribution >= 4 is 23.3 Å². The molecule has 1 aliphatic rings. The van der Waals surface area contributed by atoms with Gasteiger partial charge in [-0.15, -0.1) is 0 Å². The van der Waals surface area contributed by atoms with Crippen molar-refractivity contribution < 1.29 is 14.3 Å². The predicted octanol–water partition coefficient (Wildman–Crippen LogP) is 4.61. The molecule has 33 heavy (non-hydrogen) atoms. The van der Waals surface area contributed by atoms with E-state index in [1.807, 2.05) is 54.7 Å². The fraction of sp³-hybridized carbons (Fsp3) is 0.120. The third kappa shape index (κ3) is 4.20. The first-order chi connectivity index (χ1) is 16.1. The lowest BCUT2D eigenvalue weighted by Gasteiger charge is -2.26. The topological polar surface area (TPSA) is 91.5 Å². The third-order valence-corrected chi connectivity index (χ3v) is 5.94. The maximum Gasteiger partial charge on any atom is 0.335 e. The van der Waals surface area contributed by atoms with Crippen molar-refractivity contribution in [2.75, 3.05) is 0 Å². The minimum absolute atomic E-state index is 0.207. The van der Waals surface area contributed by atoms with Gasteiger partial charge in [-0.1, -0.05) is 24.3 Å². The number of hydrogen-bond donors (Lipinski definition) is 2. The molecule has 1 saturated heterocycles. The van der Waals surface area contributed by atoms with Crippen molar-refractivity contribution in [3.8, 4) is 11.3 Å². The van der Waals surface area contributed by atoms with Crippen LogP contribution >= 0.6 is 12.2 Å². The normalized spacial score (nSPS) is 17.7. The second-order valence-electron chi connectivity index (χ2n) is 7.70. The Kier molecular flexibility index (Phi) is 5.58. The molecule has 3 aromatic heterocycles. The number of pyridine rings is 2. The smallest absolute Gasteiger partial charge is 0.335 e. The second kappa shape index (κ2) is 8.84. The standard InChI is InChI=1S/C25H20N4O3S/c30-24(31)18-7-3-6-17(13-18)20-9-10-21(32-20)23-22(19-8-1-2-12-27-19)28-25(33)29(23)15-16-5-4-11-26-14-16/h1-14,22-23H,15H2,(H,28,33)(H,30,31)/t22-,23-/m1/s1. The summed E-state index contributed by atoms with van der Waals surface area (Å²) in [5, 5.41) is 13.3. The number of furan rings is 1. The Hall–Kier alpha value is -4.04. The summed E-state index contributed by atoms with van der Waals surface area (Å²) in [6.45, 7) is 0.554. The molecule has 2 N–H and O–H groups in total. The molecule has 0 bridgehead atoms.